The molecule has 1 amide bonds. The number of rotatable bonds is 7. The molecule has 2 fully saturated rings. The first-order valence-electron chi connectivity index (χ1n) is 9.85. The zero-order valence-electron chi connectivity index (χ0n) is 17.0. The summed E-state index contributed by atoms with van der Waals surface area (Å²) >= 11 is 0. The van der Waals surface area contributed by atoms with E-state index in [4.69, 9.17) is 0 Å². The summed E-state index contributed by atoms with van der Waals surface area (Å²) in [5.74, 6) is 1.05. The lowest BCUT2D eigenvalue weighted by Gasteiger charge is -2.31. The topological polar surface area (TPSA) is 60.0 Å². The average molecular weight is 479 g/mol. The molecule has 152 valence electrons. The normalized spacial score (nSPS) is 20.1. The smallest absolute Gasteiger partial charge is 0.230 e. The summed E-state index contributed by atoms with van der Waals surface area (Å²) in [6.45, 7) is 2.57. The van der Waals surface area contributed by atoms with E-state index >= 15 is 0 Å². The third-order valence-corrected chi connectivity index (χ3v) is 5.94. The lowest BCUT2D eigenvalue weighted by Crippen LogP contribution is -2.50. The molecule has 0 radical (unpaired) electrons. The Morgan fingerprint density at radius 3 is 2.23 bits per heavy atom. The highest BCUT2D eigenvalue weighted by atomic mass is 127. The van der Waals surface area contributed by atoms with E-state index in [1.165, 1.54) is 25.7 Å². The Kier molecular flexibility index (Phi) is 10.2. The molecule has 0 unspecified atom stereocenters. The maximum absolute atomic E-state index is 12.6. The molecule has 26 heavy (non-hydrogen) atoms. The minimum atomic E-state index is -0.262. The second kappa shape index (κ2) is 11.3. The second-order valence-electron chi connectivity index (χ2n) is 7.96. The fraction of sp³-hybridized carbons (Fsp3) is 0.895. The number of nitrogens with zero attached hydrogens (tertiary/aromatic N) is 3. The van der Waals surface area contributed by atoms with Crippen molar-refractivity contribution in [2.45, 2.75) is 57.4 Å². The molecule has 2 rings (SSSR count). The van der Waals surface area contributed by atoms with Crippen molar-refractivity contribution in [3.63, 3.8) is 0 Å². The number of aliphatic imine (C=N–C) groups is 1. The number of hydrogen-bond donors (Lipinski definition) is 2. The van der Waals surface area contributed by atoms with Crippen LogP contribution in [0.1, 0.15) is 51.4 Å². The number of likely N-dealkylation sites (N-methyl/N-ethyl adjacent to an activating group) is 1. The second-order valence-corrected chi connectivity index (χ2v) is 7.96. The summed E-state index contributed by atoms with van der Waals surface area (Å²) in [5.41, 5.74) is -0.262. The van der Waals surface area contributed by atoms with Crippen LogP contribution in [0.5, 0.6) is 0 Å². The third-order valence-electron chi connectivity index (χ3n) is 5.94. The van der Waals surface area contributed by atoms with Gasteiger partial charge in [0.05, 0.1) is 5.41 Å². The van der Waals surface area contributed by atoms with Crippen molar-refractivity contribution in [2.75, 3.05) is 47.8 Å². The van der Waals surface area contributed by atoms with Gasteiger partial charge in [-0.3, -0.25) is 9.79 Å². The molecule has 0 spiro atoms. The Bertz CT molecular complexity index is 457. The summed E-state index contributed by atoms with van der Waals surface area (Å²) in [4.78, 5) is 21.2. The van der Waals surface area contributed by atoms with Gasteiger partial charge in [0.15, 0.2) is 5.96 Å². The molecule has 0 aromatic carbocycles. The van der Waals surface area contributed by atoms with E-state index < -0.39 is 0 Å². The van der Waals surface area contributed by atoms with E-state index in [1.54, 1.807) is 11.9 Å². The van der Waals surface area contributed by atoms with Crippen LogP contribution in [-0.4, -0.2) is 75.5 Å². The van der Waals surface area contributed by atoms with Crippen LogP contribution in [0, 0.1) is 5.41 Å². The maximum Gasteiger partial charge on any atom is 0.230 e. The molecule has 7 heteroatoms. The maximum atomic E-state index is 12.6. The van der Waals surface area contributed by atoms with Crippen LogP contribution in [0.3, 0.4) is 0 Å². The van der Waals surface area contributed by atoms with Gasteiger partial charge in [0.2, 0.25) is 5.91 Å². The monoisotopic (exact) mass is 479 g/mol. The number of amides is 1. The van der Waals surface area contributed by atoms with Gasteiger partial charge in [0, 0.05) is 46.8 Å². The van der Waals surface area contributed by atoms with E-state index in [0.29, 0.717) is 6.54 Å². The molecule has 0 aliphatic heterocycles. The average Bonchev–Trinajstić information content (AvgIpc) is 3.29. The van der Waals surface area contributed by atoms with Gasteiger partial charge in [0.1, 0.15) is 0 Å². The number of halogens is 1. The van der Waals surface area contributed by atoms with E-state index in [-0.39, 0.29) is 35.3 Å². The molecule has 0 heterocycles. The molecule has 2 aliphatic carbocycles. The van der Waals surface area contributed by atoms with Crippen LogP contribution in [0.15, 0.2) is 4.99 Å². The highest BCUT2D eigenvalue weighted by Gasteiger charge is 2.42. The molecule has 0 saturated heterocycles. The summed E-state index contributed by atoms with van der Waals surface area (Å²) in [5, 5.41) is 6.81. The molecular formula is C19H38IN5O. The predicted octanol–water partition coefficient (Wildman–Crippen LogP) is 2.29. The van der Waals surface area contributed by atoms with Gasteiger partial charge in [-0.1, -0.05) is 25.7 Å². The van der Waals surface area contributed by atoms with Gasteiger partial charge in [-0.2, -0.15) is 0 Å². The van der Waals surface area contributed by atoms with Gasteiger partial charge in [-0.25, -0.2) is 0 Å². The van der Waals surface area contributed by atoms with Crippen molar-refractivity contribution in [1.82, 2.24) is 20.4 Å². The van der Waals surface area contributed by atoms with Gasteiger partial charge in [0.25, 0.3) is 0 Å². The Hall–Kier alpha value is -0.570. The van der Waals surface area contributed by atoms with Crippen LogP contribution in [-0.2, 0) is 4.79 Å². The number of carbonyl (C=O) groups is 1. The van der Waals surface area contributed by atoms with Crippen LogP contribution >= 0.6 is 24.0 Å². The van der Waals surface area contributed by atoms with Crippen molar-refractivity contribution in [1.29, 1.82) is 0 Å². The van der Waals surface area contributed by atoms with Crippen molar-refractivity contribution in [2.24, 2.45) is 10.4 Å². The zero-order valence-corrected chi connectivity index (χ0v) is 19.3. The van der Waals surface area contributed by atoms with Crippen molar-refractivity contribution in [3.8, 4) is 0 Å². The Morgan fingerprint density at radius 1 is 1.08 bits per heavy atom. The molecule has 2 aliphatic rings. The minimum absolute atomic E-state index is 0. The summed E-state index contributed by atoms with van der Waals surface area (Å²) in [6.07, 6.45) is 9.62. The Morgan fingerprint density at radius 2 is 1.69 bits per heavy atom. The van der Waals surface area contributed by atoms with E-state index in [9.17, 15) is 4.79 Å². The largest absolute Gasteiger partial charge is 0.355 e. The van der Waals surface area contributed by atoms with Crippen LogP contribution < -0.4 is 10.6 Å². The van der Waals surface area contributed by atoms with Crippen LogP contribution in [0.2, 0.25) is 0 Å². The van der Waals surface area contributed by atoms with Crippen molar-refractivity contribution < 1.29 is 4.79 Å². The fourth-order valence-electron chi connectivity index (χ4n) is 4.34. The van der Waals surface area contributed by atoms with E-state index in [2.05, 4.69) is 27.6 Å². The first-order chi connectivity index (χ1) is 12.0. The number of hydrogen-bond acceptors (Lipinski definition) is 3. The highest BCUT2D eigenvalue weighted by Crippen LogP contribution is 2.38. The molecular weight excluding hydrogens is 441 g/mol. The zero-order chi connectivity index (χ0) is 18.3. The Balaban J connectivity index is 0.00000338. The van der Waals surface area contributed by atoms with Crippen molar-refractivity contribution in [3.05, 3.63) is 0 Å². The van der Waals surface area contributed by atoms with Gasteiger partial charge in [-0.05, 0) is 32.7 Å². The molecule has 2 N–H and O–H groups in total. The SMILES string of the molecule is CN=C(NCCN(C)C1CCCC1)NCC1(C(=O)N(C)C)CCCC1.I. The Labute approximate surface area is 176 Å². The van der Waals surface area contributed by atoms with E-state index in [1.807, 2.05) is 14.1 Å². The molecule has 2 saturated carbocycles. The highest BCUT2D eigenvalue weighted by molar-refractivity contribution is 14.0. The first kappa shape index (κ1) is 23.5. The quantitative estimate of drug-likeness (QED) is 0.334. The summed E-state index contributed by atoms with van der Waals surface area (Å²) in [6, 6.07) is 0.747. The van der Waals surface area contributed by atoms with Gasteiger partial charge in [-0.15, -0.1) is 24.0 Å². The lowest BCUT2D eigenvalue weighted by atomic mass is 9.84. The first-order valence-corrected chi connectivity index (χ1v) is 9.85. The fourth-order valence-corrected chi connectivity index (χ4v) is 4.34. The van der Waals surface area contributed by atoms with Gasteiger partial charge < -0.3 is 20.4 Å². The van der Waals surface area contributed by atoms with Crippen LogP contribution in [0.4, 0.5) is 0 Å². The lowest BCUT2D eigenvalue weighted by molar-refractivity contribution is -0.138. The van der Waals surface area contributed by atoms with Gasteiger partial charge >= 0.3 is 0 Å². The number of carbonyl (C=O) groups excluding carboxylic acids is 1. The minimum Gasteiger partial charge on any atom is -0.355 e. The third kappa shape index (κ3) is 6.25. The van der Waals surface area contributed by atoms with Crippen molar-refractivity contribution >= 4 is 35.8 Å². The molecule has 0 atom stereocenters. The molecule has 6 nitrogen and oxygen atoms in total. The number of nitrogens with one attached hydrogen (secondary N) is 2. The van der Waals surface area contributed by atoms with Crippen LogP contribution in [0.25, 0.3) is 0 Å². The summed E-state index contributed by atoms with van der Waals surface area (Å²) in [7, 11) is 7.73. The number of guanidine groups is 1. The van der Waals surface area contributed by atoms with E-state index in [0.717, 1.165) is 50.8 Å². The molecule has 0 bridgehead atoms. The summed E-state index contributed by atoms with van der Waals surface area (Å²) < 4.78 is 0. The molecule has 0 aromatic heterocycles. The standard InChI is InChI=1S/C19H37N5O.HI/c1-20-18(21-13-14-24(4)16-9-5-6-10-16)22-15-19(11-7-8-12-19)17(25)23(2)3;/h16H,5-15H2,1-4H3,(H2,20,21,22);1H. The molecule has 0 aromatic rings. The predicted molar refractivity (Wildman–Crippen MR) is 119 cm³/mol.